The highest BCUT2D eigenvalue weighted by atomic mass is 79.9. The Morgan fingerprint density at radius 1 is 1.31 bits per heavy atom. The van der Waals surface area contributed by atoms with Crippen LogP contribution in [0.25, 0.3) is 10.9 Å². The molecule has 1 aromatic carbocycles. The molecule has 0 bridgehead atoms. The maximum Gasteiger partial charge on any atom is 0.133 e. The van der Waals surface area contributed by atoms with Gasteiger partial charge in [-0.1, -0.05) is 45.7 Å². The molecule has 1 heterocycles. The molecule has 0 atom stereocenters. The number of pyridine rings is 1. The van der Waals surface area contributed by atoms with Crippen LogP contribution >= 0.6 is 27.5 Å². The molecule has 66 valence electrons. The van der Waals surface area contributed by atoms with Crippen molar-refractivity contribution in [2.24, 2.45) is 0 Å². The summed E-state index contributed by atoms with van der Waals surface area (Å²) in [5.41, 5.74) is 1.97. The third-order valence-corrected chi connectivity index (χ3v) is 2.83. The Morgan fingerprint density at radius 2 is 2.08 bits per heavy atom. The summed E-state index contributed by atoms with van der Waals surface area (Å²) in [6.07, 6.45) is 0. The van der Waals surface area contributed by atoms with E-state index in [1.54, 1.807) is 0 Å². The van der Waals surface area contributed by atoms with Crippen molar-refractivity contribution in [2.75, 3.05) is 0 Å². The number of halogens is 2. The fourth-order valence-electron chi connectivity index (χ4n) is 1.23. The van der Waals surface area contributed by atoms with Crippen molar-refractivity contribution in [1.29, 1.82) is 0 Å². The first kappa shape index (κ1) is 8.97. The van der Waals surface area contributed by atoms with E-state index < -0.39 is 0 Å². The third-order valence-electron chi connectivity index (χ3n) is 1.89. The number of hydrogen-bond donors (Lipinski definition) is 0. The second-order valence-corrected chi connectivity index (χ2v) is 3.68. The van der Waals surface area contributed by atoms with E-state index in [1.807, 2.05) is 24.3 Å². The van der Waals surface area contributed by atoms with Gasteiger partial charge in [-0.25, -0.2) is 4.98 Å². The maximum absolute atomic E-state index is 5.96. The molecule has 13 heavy (non-hydrogen) atoms. The lowest BCUT2D eigenvalue weighted by Gasteiger charge is -2.01. The highest BCUT2D eigenvalue weighted by Gasteiger charge is 2.02. The predicted molar refractivity (Wildman–Crippen MR) is 59.4 cm³/mol. The number of aromatic nitrogens is 1. The van der Waals surface area contributed by atoms with Gasteiger partial charge in [0.05, 0.1) is 5.52 Å². The van der Waals surface area contributed by atoms with Crippen LogP contribution in [0.15, 0.2) is 30.3 Å². The first-order chi connectivity index (χ1) is 6.31. The molecule has 0 saturated carbocycles. The van der Waals surface area contributed by atoms with E-state index in [-0.39, 0.29) is 0 Å². The Morgan fingerprint density at radius 3 is 2.85 bits per heavy atom. The maximum atomic E-state index is 5.96. The fraction of sp³-hybridized carbons (Fsp3) is 0.100. The van der Waals surface area contributed by atoms with Crippen molar-refractivity contribution in [1.82, 2.24) is 4.98 Å². The summed E-state index contributed by atoms with van der Waals surface area (Å²) in [4.78, 5) is 4.28. The van der Waals surface area contributed by atoms with Crippen LogP contribution in [-0.4, -0.2) is 4.98 Å². The number of nitrogens with zero attached hydrogens (tertiary/aromatic N) is 1. The monoisotopic (exact) mass is 255 g/mol. The fourth-order valence-corrected chi connectivity index (χ4v) is 2.03. The third kappa shape index (κ3) is 1.69. The van der Waals surface area contributed by atoms with Crippen molar-refractivity contribution >= 4 is 38.4 Å². The van der Waals surface area contributed by atoms with Gasteiger partial charge in [0.1, 0.15) is 5.15 Å². The van der Waals surface area contributed by atoms with Crippen LogP contribution in [0.1, 0.15) is 5.56 Å². The first-order valence-corrected chi connectivity index (χ1v) is 5.41. The Labute approximate surface area is 89.9 Å². The van der Waals surface area contributed by atoms with Gasteiger partial charge in [0.2, 0.25) is 0 Å². The van der Waals surface area contributed by atoms with Gasteiger partial charge in [0.15, 0.2) is 0 Å². The summed E-state index contributed by atoms with van der Waals surface area (Å²) in [7, 11) is 0. The zero-order chi connectivity index (χ0) is 9.26. The van der Waals surface area contributed by atoms with Crippen LogP contribution in [0.3, 0.4) is 0 Å². The molecular weight excluding hydrogens is 249 g/mol. The zero-order valence-corrected chi connectivity index (χ0v) is 9.14. The topological polar surface area (TPSA) is 12.9 Å². The smallest absolute Gasteiger partial charge is 0.133 e. The van der Waals surface area contributed by atoms with Crippen molar-refractivity contribution in [3.05, 3.63) is 41.0 Å². The lowest BCUT2D eigenvalue weighted by molar-refractivity contribution is 1.32. The van der Waals surface area contributed by atoms with E-state index in [4.69, 9.17) is 11.6 Å². The second-order valence-electron chi connectivity index (χ2n) is 2.76. The molecule has 0 fully saturated rings. The van der Waals surface area contributed by atoms with Gasteiger partial charge in [-0.3, -0.25) is 0 Å². The zero-order valence-electron chi connectivity index (χ0n) is 6.80. The molecule has 0 aliphatic heterocycles. The van der Waals surface area contributed by atoms with E-state index >= 15 is 0 Å². The van der Waals surface area contributed by atoms with E-state index in [0.717, 1.165) is 21.8 Å². The molecule has 0 radical (unpaired) electrons. The molecule has 1 nitrogen and oxygen atoms in total. The average molecular weight is 257 g/mol. The van der Waals surface area contributed by atoms with Crippen LogP contribution in [0.2, 0.25) is 5.15 Å². The Bertz CT molecular complexity index is 442. The molecule has 0 saturated heterocycles. The standard InChI is InChI=1S/C10H7BrClN/c11-6-8-5-7-3-1-2-4-9(7)13-10(8)12/h1-5H,6H2. The molecule has 2 aromatic rings. The minimum atomic E-state index is 0.579. The second kappa shape index (κ2) is 3.64. The van der Waals surface area contributed by atoms with Crippen LogP contribution in [-0.2, 0) is 5.33 Å². The highest BCUT2D eigenvalue weighted by molar-refractivity contribution is 9.08. The summed E-state index contributed by atoms with van der Waals surface area (Å²) >= 11 is 9.33. The number of hydrogen-bond acceptors (Lipinski definition) is 1. The van der Waals surface area contributed by atoms with Crippen LogP contribution < -0.4 is 0 Å². The van der Waals surface area contributed by atoms with Crippen molar-refractivity contribution in [2.45, 2.75) is 5.33 Å². The number of fused-ring (bicyclic) bond motifs is 1. The number of benzene rings is 1. The first-order valence-electron chi connectivity index (χ1n) is 3.91. The van der Waals surface area contributed by atoms with Crippen molar-refractivity contribution in [3.8, 4) is 0 Å². The number of para-hydroxylation sites is 1. The quantitative estimate of drug-likeness (QED) is 0.559. The van der Waals surface area contributed by atoms with Crippen LogP contribution in [0.5, 0.6) is 0 Å². The summed E-state index contributed by atoms with van der Waals surface area (Å²) in [5.74, 6) is 0. The minimum absolute atomic E-state index is 0.579. The molecule has 0 aliphatic carbocycles. The van der Waals surface area contributed by atoms with Gasteiger partial charge in [-0.15, -0.1) is 0 Å². The molecule has 0 spiro atoms. The molecule has 0 aliphatic rings. The van der Waals surface area contributed by atoms with Gasteiger partial charge in [-0.2, -0.15) is 0 Å². The summed E-state index contributed by atoms with van der Waals surface area (Å²) in [6.45, 7) is 0. The van der Waals surface area contributed by atoms with E-state index in [0.29, 0.717) is 5.15 Å². The summed E-state index contributed by atoms with van der Waals surface area (Å²) in [5, 5.41) is 2.45. The largest absolute Gasteiger partial charge is 0.236 e. The summed E-state index contributed by atoms with van der Waals surface area (Å²) in [6, 6.07) is 10.00. The molecule has 1 aromatic heterocycles. The molecule has 0 unspecified atom stereocenters. The van der Waals surface area contributed by atoms with Crippen molar-refractivity contribution in [3.63, 3.8) is 0 Å². The normalized spacial score (nSPS) is 10.6. The SMILES string of the molecule is Clc1nc2ccccc2cc1CBr. The number of alkyl halides is 1. The molecule has 0 N–H and O–H groups in total. The van der Waals surface area contributed by atoms with Gasteiger partial charge in [0, 0.05) is 16.3 Å². The highest BCUT2D eigenvalue weighted by Crippen LogP contribution is 2.21. The van der Waals surface area contributed by atoms with E-state index in [1.165, 1.54) is 0 Å². The summed E-state index contributed by atoms with van der Waals surface area (Å²) < 4.78 is 0. The lowest BCUT2D eigenvalue weighted by Crippen LogP contribution is -1.86. The predicted octanol–water partition coefficient (Wildman–Crippen LogP) is 3.78. The Balaban J connectivity index is 2.74. The molecule has 3 heteroatoms. The Hall–Kier alpha value is -0.600. The van der Waals surface area contributed by atoms with Crippen molar-refractivity contribution < 1.29 is 0 Å². The average Bonchev–Trinajstić information content (AvgIpc) is 2.17. The molecule has 0 amide bonds. The van der Waals surface area contributed by atoms with Crippen LogP contribution in [0.4, 0.5) is 0 Å². The van der Waals surface area contributed by atoms with E-state index in [9.17, 15) is 0 Å². The van der Waals surface area contributed by atoms with E-state index in [2.05, 4.69) is 27.0 Å². The van der Waals surface area contributed by atoms with Gasteiger partial charge < -0.3 is 0 Å². The van der Waals surface area contributed by atoms with Gasteiger partial charge in [-0.05, 0) is 12.1 Å². The molecular formula is C10H7BrClN. The van der Waals surface area contributed by atoms with Crippen LogP contribution in [0, 0.1) is 0 Å². The van der Waals surface area contributed by atoms with Gasteiger partial charge >= 0.3 is 0 Å². The Kier molecular flexibility index (Phi) is 2.51. The number of rotatable bonds is 1. The lowest BCUT2D eigenvalue weighted by atomic mass is 10.2. The minimum Gasteiger partial charge on any atom is -0.236 e. The molecule has 2 rings (SSSR count). The van der Waals surface area contributed by atoms with Gasteiger partial charge in [0.25, 0.3) is 0 Å².